The lowest BCUT2D eigenvalue weighted by Gasteiger charge is -2.13. The van der Waals surface area contributed by atoms with Crippen LogP contribution >= 0.6 is 0 Å². The Balaban J connectivity index is 1.89. The van der Waals surface area contributed by atoms with E-state index >= 15 is 0 Å². The minimum atomic E-state index is -1.12. The quantitative estimate of drug-likeness (QED) is 0.664. The highest BCUT2D eigenvalue weighted by atomic mass is 16.3. The van der Waals surface area contributed by atoms with Gasteiger partial charge in [-0.1, -0.05) is 12.1 Å². The molecule has 0 aromatic heterocycles. The average molecular weight is 249 g/mol. The topological polar surface area (TPSA) is 78.6 Å². The van der Waals surface area contributed by atoms with E-state index in [2.05, 4.69) is 35.5 Å². The summed E-state index contributed by atoms with van der Waals surface area (Å²) >= 11 is 0. The number of nitrogens with zero attached hydrogens (tertiary/aromatic N) is 1. The molecule has 0 saturated carbocycles. The van der Waals surface area contributed by atoms with E-state index < -0.39 is 12.0 Å². The normalized spacial score (nSPS) is 15.6. The highest BCUT2D eigenvalue weighted by Crippen LogP contribution is 2.27. The second-order valence-electron chi connectivity index (χ2n) is 4.68. The largest absolute Gasteiger partial charge is 0.382 e. The minimum Gasteiger partial charge on any atom is -0.382 e. The van der Waals surface area contributed by atoms with Crippen LogP contribution in [-0.2, 0) is 17.8 Å². The number of carbonyl (C=O) groups excluding carboxylic acids is 1. The van der Waals surface area contributed by atoms with E-state index in [4.69, 9.17) is 5.73 Å². The molecular formula is C13H19N3O2. The van der Waals surface area contributed by atoms with Crippen molar-refractivity contribution in [3.63, 3.8) is 0 Å². The number of nitrogens with two attached hydrogens (primary N) is 1. The van der Waals surface area contributed by atoms with Crippen molar-refractivity contribution >= 4 is 11.6 Å². The maximum absolute atomic E-state index is 10.7. The molecule has 1 aliphatic heterocycles. The van der Waals surface area contributed by atoms with Crippen molar-refractivity contribution in [2.24, 2.45) is 5.73 Å². The Labute approximate surface area is 107 Å². The molecule has 18 heavy (non-hydrogen) atoms. The van der Waals surface area contributed by atoms with Gasteiger partial charge in [0.25, 0.3) is 0 Å². The number of benzene rings is 1. The Morgan fingerprint density at radius 2 is 2.39 bits per heavy atom. The van der Waals surface area contributed by atoms with E-state index in [-0.39, 0.29) is 6.54 Å². The Bertz CT molecular complexity index is 448. The highest BCUT2D eigenvalue weighted by Gasteiger charge is 2.15. The van der Waals surface area contributed by atoms with Crippen molar-refractivity contribution in [2.75, 3.05) is 25.0 Å². The van der Waals surface area contributed by atoms with Crippen LogP contribution in [0, 0.1) is 0 Å². The van der Waals surface area contributed by atoms with E-state index in [1.165, 1.54) is 11.3 Å². The van der Waals surface area contributed by atoms with E-state index in [9.17, 15) is 9.90 Å². The Kier molecular flexibility index (Phi) is 3.84. The number of aliphatic hydroxyl groups is 1. The number of anilines is 1. The van der Waals surface area contributed by atoms with Gasteiger partial charge in [-0.15, -0.1) is 0 Å². The van der Waals surface area contributed by atoms with Crippen LogP contribution in [0.15, 0.2) is 18.2 Å². The fourth-order valence-corrected chi connectivity index (χ4v) is 2.18. The number of hydrogen-bond acceptors (Lipinski definition) is 4. The third-order valence-corrected chi connectivity index (χ3v) is 3.27. The molecule has 2 rings (SSSR count). The van der Waals surface area contributed by atoms with Gasteiger partial charge < -0.3 is 21.1 Å². The lowest BCUT2D eigenvalue weighted by molar-refractivity contribution is -0.125. The third-order valence-electron chi connectivity index (χ3n) is 3.27. The second-order valence-corrected chi connectivity index (χ2v) is 4.68. The summed E-state index contributed by atoms with van der Waals surface area (Å²) in [5, 5.41) is 12.3. The van der Waals surface area contributed by atoms with Crippen molar-refractivity contribution in [3.05, 3.63) is 29.3 Å². The minimum absolute atomic E-state index is 0.187. The molecule has 1 aromatic rings. The number of amides is 1. The molecule has 1 atom stereocenters. The van der Waals surface area contributed by atoms with E-state index in [1.54, 1.807) is 0 Å². The zero-order valence-corrected chi connectivity index (χ0v) is 10.5. The smallest absolute Gasteiger partial charge is 0.247 e. The molecule has 5 heteroatoms. The first kappa shape index (κ1) is 12.9. The fourth-order valence-electron chi connectivity index (χ4n) is 2.18. The van der Waals surface area contributed by atoms with Gasteiger partial charge in [0.05, 0.1) is 0 Å². The van der Waals surface area contributed by atoms with Crippen LogP contribution in [0.2, 0.25) is 0 Å². The summed E-state index contributed by atoms with van der Waals surface area (Å²) in [5.74, 6) is -0.696. The van der Waals surface area contributed by atoms with Gasteiger partial charge in [0.15, 0.2) is 0 Å². The molecular weight excluding hydrogens is 230 g/mol. The van der Waals surface area contributed by atoms with Crippen LogP contribution in [0.3, 0.4) is 0 Å². The average Bonchev–Trinajstić information content (AvgIpc) is 2.70. The number of rotatable bonds is 5. The van der Waals surface area contributed by atoms with Crippen LogP contribution in [0.5, 0.6) is 0 Å². The molecule has 0 radical (unpaired) electrons. The number of nitrogens with one attached hydrogen (secondary N) is 1. The molecule has 1 heterocycles. The first-order chi connectivity index (χ1) is 8.58. The highest BCUT2D eigenvalue weighted by molar-refractivity contribution is 5.78. The molecule has 0 aliphatic carbocycles. The number of aliphatic hydroxyl groups excluding tert-OH is 1. The maximum Gasteiger partial charge on any atom is 0.247 e. The number of hydrogen-bond donors (Lipinski definition) is 3. The third kappa shape index (κ3) is 2.80. The molecule has 0 saturated heterocycles. The van der Waals surface area contributed by atoms with E-state index in [0.29, 0.717) is 6.54 Å². The van der Waals surface area contributed by atoms with Crippen LogP contribution < -0.4 is 16.0 Å². The van der Waals surface area contributed by atoms with Crippen molar-refractivity contribution in [2.45, 2.75) is 19.1 Å². The zero-order chi connectivity index (χ0) is 13.1. The molecule has 1 unspecified atom stereocenters. The fraction of sp³-hybridized carbons (Fsp3) is 0.462. The molecule has 0 bridgehead atoms. The molecule has 4 N–H and O–H groups in total. The molecule has 1 amide bonds. The Morgan fingerprint density at radius 1 is 1.61 bits per heavy atom. The van der Waals surface area contributed by atoms with Crippen molar-refractivity contribution < 1.29 is 9.90 Å². The predicted molar refractivity (Wildman–Crippen MR) is 70.3 cm³/mol. The van der Waals surface area contributed by atoms with Gasteiger partial charge in [0, 0.05) is 32.4 Å². The summed E-state index contributed by atoms with van der Waals surface area (Å²) < 4.78 is 0. The first-order valence-corrected chi connectivity index (χ1v) is 6.09. The van der Waals surface area contributed by atoms with Gasteiger partial charge >= 0.3 is 0 Å². The summed E-state index contributed by atoms with van der Waals surface area (Å²) in [5.41, 5.74) is 8.77. The lowest BCUT2D eigenvalue weighted by atomic mass is 10.1. The summed E-state index contributed by atoms with van der Waals surface area (Å²) in [7, 11) is 2.09. The van der Waals surface area contributed by atoms with Gasteiger partial charge in [-0.3, -0.25) is 4.79 Å². The van der Waals surface area contributed by atoms with Crippen LogP contribution in [0.25, 0.3) is 0 Å². The standard InChI is InChI=1S/C13H19N3O2/c1-16-5-4-10-6-9(2-3-11(10)16)7-15-8-12(17)13(14)18/h2-3,6,12,15,17H,4-5,7-8H2,1H3,(H2,14,18). The summed E-state index contributed by atoms with van der Waals surface area (Å²) in [4.78, 5) is 12.9. The molecule has 1 aliphatic rings. The zero-order valence-electron chi connectivity index (χ0n) is 10.5. The molecule has 0 fully saturated rings. The molecule has 1 aromatic carbocycles. The van der Waals surface area contributed by atoms with Crippen LogP contribution in [0.1, 0.15) is 11.1 Å². The summed E-state index contributed by atoms with van der Waals surface area (Å²) in [6, 6.07) is 6.34. The van der Waals surface area contributed by atoms with Gasteiger partial charge in [-0.2, -0.15) is 0 Å². The van der Waals surface area contributed by atoms with E-state index in [0.717, 1.165) is 18.5 Å². The van der Waals surface area contributed by atoms with Gasteiger partial charge in [-0.05, 0) is 23.6 Å². The Hall–Kier alpha value is -1.59. The second kappa shape index (κ2) is 5.37. The SMILES string of the molecule is CN1CCc2cc(CNCC(O)C(N)=O)ccc21. The van der Waals surface area contributed by atoms with Crippen molar-refractivity contribution in [3.8, 4) is 0 Å². The summed E-state index contributed by atoms with van der Waals surface area (Å²) in [6.45, 7) is 1.88. The molecule has 98 valence electrons. The number of fused-ring (bicyclic) bond motifs is 1. The lowest BCUT2D eigenvalue weighted by Crippen LogP contribution is -2.37. The van der Waals surface area contributed by atoms with Gasteiger partial charge in [0.2, 0.25) is 5.91 Å². The number of primary amides is 1. The van der Waals surface area contributed by atoms with Crippen LogP contribution in [0.4, 0.5) is 5.69 Å². The summed E-state index contributed by atoms with van der Waals surface area (Å²) in [6.07, 6.45) is -0.0469. The van der Waals surface area contributed by atoms with Crippen molar-refractivity contribution in [1.82, 2.24) is 5.32 Å². The first-order valence-electron chi connectivity index (χ1n) is 6.09. The number of carbonyl (C=O) groups is 1. The van der Waals surface area contributed by atoms with Gasteiger partial charge in [0.1, 0.15) is 6.10 Å². The van der Waals surface area contributed by atoms with Gasteiger partial charge in [-0.25, -0.2) is 0 Å². The maximum atomic E-state index is 10.7. The van der Waals surface area contributed by atoms with Crippen molar-refractivity contribution in [1.29, 1.82) is 0 Å². The molecule has 0 spiro atoms. The molecule has 5 nitrogen and oxygen atoms in total. The number of likely N-dealkylation sites (N-methyl/N-ethyl adjacent to an activating group) is 1. The van der Waals surface area contributed by atoms with Crippen LogP contribution in [-0.4, -0.2) is 37.3 Å². The van der Waals surface area contributed by atoms with E-state index in [1.807, 2.05) is 0 Å². The predicted octanol–water partition coefficient (Wildman–Crippen LogP) is -0.385. The Morgan fingerprint density at radius 3 is 3.11 bits per heavy atom. The monoisotopic (exact) mass is 249 g/mol.